The first-order valence-electron chi connectivity index (χ1n) is 6.00. The van der Waals surface area contributed by atoms with Gasteiger partial charge in [-0.25, -0.2) is 9.78 Å². The van der Waals surface area contributed by atoms with Crippen molar-refractivity contribution < 1.29 is 9.90 Å². The number of carboxylic acids is 1. The zero-order chi connectivity index (χ0) is 14.0. The Morgan fingerprint density at radius 3 is 2.37 bits per heavy atom. The van der Waals surface area contributed by atoms with E-state index in [-0.39, 0.29) is 5.69 Å². The fourth-order valence-corrected chi connectivity index (χ4v) is 2.01. The van der Waals surface area contributed by atoms with Crippen molar-refractivity contribution in [3.63, 3.8) is 0 Å². The van der Waals surface area contributed by atoms with Crippen molar-refractivity contribution in [2.75, 3.05) is 11.9 Å². The Morgan fingerprint density at radius 1 is 1.16 bits per heavy atom. The number of aromatic carboxylic acids is 1. The van der Waals surface area contributed by atoms with Gasteiger partial charge < -0.3 is 10.0 Å². The van der Waals surface area contributed by atoms with Gasteiger partial charge in [0.05, 0.1) is 0 Å². The van der Waals surface area contributed by atoms with E-state index >= 15 is 0 Å². The maximum atomic E-state index is 10.9. The third-order valence-electron chi connectivity index (χ3n) is 2.89. The highest BCUT2D eigenvalue weighted by Crippen LogP contribution is 2.24. The van der Waals surface area contributed by atoms with Crippen molar-refractivity contribution in [1.29, 1.82) is 0 Å². The molecule has 0 amide bonds. The molecule has 0 aliphatic carbocycles. The van der Waals surface area contributed by atoms with Crippen LogP contribution in [0.1, 0.15) is 21.6 Å². The summed E-state index contributed by atoms with van der Waals surface area (Å²) in [6, 6.07) is 11.2. The van der Waals surface area contributed by atoms with E-state index in [2.05, 4.69) is 11.1 Å². The maximum Gasteiger partial charge on any atom is 0.354 e. The standard InChI is InChI=1S/C15H16N2O2/c1-10-7-11(2)9-12(8-10)17(3)14-6-4-5-13(16-14)15(18)19/h4-9H,1-3H3,(H,18,19). The smallest absolute Gasteiger partial charge is 0.354 e. The molecule has 19 heavy (non-hydrogen) atoms. The van der Waals surface area contributed by atoms with Gasteiger partial charge in [0.2, 0.25) is 0 Å². The predicted molar refractivity (Wildman–Crippen MR) is 75.2 cm³/mol. The van der Waals surface area contributed by atoms with Crippen LogP contribution in [0.3, 0.4) is 0 Å². The average molecular weight is 256 g/mol. The first-order chi connectivity index (χ1) is 8.97. The van der Waals surface area contributed by atoms with Crippen LogP contribution >= 0.6 is 0 Å². The minimum atomic E-state index is -1.02. The molecule has 2 aromatic rings. The normalized spacial score (nSPS) is 10.3. The van der Waals surface area contributed by atoms with Crippen LogP contribution in [-0.4, -0.2) is 23.1 Å². The van der Waals surface area contributed by atoms with Crippen LogP contribution in [0.4, 0.5) is 11.5 Å². The van der Waals surface area contributed by atoms with Crippen LogP contribution in [0.2, 0.25) is 0 Å². The Hall–Kier alpha value is -2.36. The monoisotopic (exact) mass is 256 g/mol. The Morgan fingerprint density at radius 2 is 1.79 bits per heavy atom. The van der Waals surface area contributed by atoms with Crippen LogP contribution in [0, 0.1) is 13.8 Å². The third-order valence-corrected chi connectivity index (χ3v) is 2.89. The summed E-state index contributed by atoms with van der Waals surface area (Å²) in [6.07, 6.45) is 0. The van der Waals surface area contributed by atoms with Gasteiger partial charge in [0.25, 0.3) is 0 Å². The lowest BCUT2D eigenvalue weighted by Crippen LogP contribution is -2.13. The molecule has 2 rings (SSSR count). The third kappa shape index (κ3) is 2.91. The molecule has 0 spiro atoms. The first-order valence-corrected chi connectivity index (χ1v) is 6.00. The van der Waals surface area contributed by atoms with Crippen molar-refractivity contribution in [3.05, 3.63) is 53.2 Å². The van der Waals surface area contributed by atoms with Gasteiger partial charge in [-0.2, -0.15) is 0 Å². The number of carbonyl (C=O) groups is 1. The van der Waals surface area contributed by atoms with Crippen molar-refractivity contribution >= 4 is 17.5 Å². The number of carboxylic acid groups (broad SMARTS) is 1. The summed E-state index contributed by atoms with van der Waals surface area (Å²) < 4.78 is 0. The quantitative estimate of drug-likeness (QED) is 0.916. The van der Waals surface area contributed by atoms with Gasteiger partial charge in [-0.1, -0.05) is 12.1 Å². The summed E-state index contributed by atoms with van der Waals surface area (Å²) in [5.41, 5.74) is 3.37. The molecule has 0 unspecified atom stereocenters. The van der Waals surface area contributed by atoms with Crippen molar-refractivity contribution in [2.45, 2.75) is 13.8 Å². The highest BCUT2D eigenvalue weighted by molar-refractivity contribution is 5.86. The number of hydrogen-bond acceptors (Lipinski definition) is 3. The van der Waals surface area contributed by atoms with Crippen molar-refractivity contribution in [2.24, 2.45) is 0 Å². The fraction of sp³-hybridized carbons (Fsp3) is 0.200. The molecule has 0 saturated heterocycles. The number of rotatable bonds is 3. The summed E-state index contributed by atoms with van der Waals surface area (Å²) in [4.78, 5) is 17.0. The second kappa shape index (κ2) is 5.10. The molecular formula is C15H16N2O2. The summed E-state index contributed by atoms with van der Waals surface area (Å²) in [5, 5.41) is 8.97. The molecule has 0 radical (unpaired) electrons. The van der Waals surface area contributed by atoms with E-state index in [0.29, 0.717) is 5.82 Å². The van der Waals surface area contributed by atoms with Gasteiger partial charge in [0.15, 0.2) is 5.69 Å². The van der Waals surface area contributed by atoms with E-state index in [1.54, 1.807) is 12.1 Å². The molecule has 0 bridgehead atoms. The molecule has 0 atom stereocenters. The molecule has 98 valence electrons. The van der Waals surface area contributed by atoms with E-state index in [4.69, 9.17) is 5.11 Å². The molecule has 0 aliphatic heterocycles. The lowest BCUT2D eigenvalue weighted by atomic mass is 10.1. The van der Waals surface area contributed by atoms with Crippen molar-refractivity contribution in [1.82, 2.24) is 4.98 Å². The van der Waals surface area contributed by atoms with Crippen LogP contribution in [-0.2, 0) is 0 Å². The molecule has 1 aromatic heterocycles. The number of benzene rings is 1. The summed E-state index contributed by atoms with van der Waals surface area (Å²) in [5.74, 6) is -0.402. The molecular weight excluding hydrogens is 240 g/mol. The number of aromatic nitrogens is 1. The Kier molecular flexibility index (Phi) is 3.51. The van der Waals surface area contributed by atoms with Crippen molar-refractivity contribution in [3.8, 4) is 0 Å². The van der Waals surface area contributed by atoms with Gasteiger partial charge in [-0.3, -0.25) is 0 Å². The summed E-state index contributed by atoms with van der Waals surface area (Å²) in [7, 11) is 1.88. The van der Waals surface area contributed by atoms with E-state index in [1.807, 2.05) is 37.9 Å². The average Bonchev–Trinajstić information content (AvgIpc) is 2.37. The Labute approximate surface area is 112 Å². The second-order valence-corrected chi connectivity index (χ2v) is 4.59. The van der Waals surface area contributed by atoms with Gasteiger partial charge in [0, 0.05) is 12.7 Å². The highest BCUT2D eigenvalue weighted by Gasteiger charge is 2.10. The largest absolute Gasteiger partial charge is 0.477 e. The second-order valence-electron chi connectivity index (χ2n) is 4.59. The summed E-state index contributed by atoms with van der Waals surface area (Å²) in [6.45, 7) is 4.07. The molecule has 0 fully saturated rings. The van der Waals surface area contributed by atoms with E-state index in [9.17, 15) is 4.79 Å². The lowest BCUT2D eigenvalue weighted by molar-refractivity contribution is 0.0690. The predicted octanol–water partition coefficient (Wildman–Crippen LogP) is 3.16. The molecule has 1 N–H and O–H groups in total. The number of aryl methyl sites for hydroxylation is 2. The molecule has 0 saturated carbocycles. The fourth-order valence-electron chi connectivity index (χ4n) is 2.01. The maximum absolute atomic E-state index is 10.9. The number of hydrogen-bond donors (Lipinski definition) is 1. The zero-order valence-corrected chi connectivity index (χ0v) is 11.2. The van der Waals surface area contributed by atoms with Crippen LogP contribution in [0.15, 0.2) is 36.4 Å². The first kappa shape index (κ1) is 13.1. The lowest BCUT2D eigenvalue weighted by Gasteiger charge is -2.19. The minimum absolute atomic E-state index is 0.0497. The Bertz CT molecular complexity index is 603. The van der Waals surface area contributed by atoms with Gasteiger partial charge in [-0.15, -0.1) is 0 Å². The topological polar surface area (TPSA) is 53.4 Å². The van der Waals surface area contributed by atoms with E-state index in [1.165, 1.54) is 6.07 Å². The highest BCUT2D eigenvalue weighted by atomic mass is 16.4. The molecule has 4 nitrogen and oxygen atoms in total. The minimum Gasteiger partial charge on any atom is -0.477 e. The van der Waals surface area contributed by atoms with E-state index < -0.39 is 5.97 Å². The molecule has 0 aliphatic rings. The van der Waals surface area contributed by atoms with E-state index in [0.717, 1.165) is 16.8 Å². The van der Waals surface area contributed by atoms with Gasteiger partial charge in [0.1, 0.15) is 5.82 Å². The van der Waals surface area contributed by atoms with Crippen LogP contribution in [0.25, 0.3) is 0 Å². The summed E-state index contributed by atoms with van der Waals surface area (Å²) >= 11 is 0. The zero-order valence-electron chi connectivity index (χ0n) is 11.2. The van der Waals surface area contributed by atoms with Crippen LogP contribution < -0.4 is 4.90 Å². The molecule has 1 heterocycles. The SMILES string of the molecule is Cc1cc(C)cc(N(C)c2cccc(C(=O)O)n2)c1. The van der Waals surface area contributed by atoms with Gasteiger partial charge in [-0.05, 0) is 49.2 Å². The number of pyridine rings is 1. The van der Waals surface area contributed by atoms with Crippen LogP contribution in [0.5, 0.6) is 0 Å². The number of anilines is 2. The molecule has 1 aromatic carbocycles. The Balaban J connectivity index is 2.40. The van der Waals surface area contributed by atoms with Gasteiger partial charge >= 0.3 is 5.97 Å². The molecule has 4 heteroatoms. The number of nitrogens with zero attached hydrogens (tertiary/aromatic N) is 2.